The molecule has 1 aromatic heterocycles. The predicted octanol–water partition coefficient (Wildman–Crippen LogP) is 5.61. The number of unbranched alkanes of at least 4 members (excludes halogenated alkanes) is 3. The van der Waals surface area contributed by atoms with Crippen molar-refractivity contribution in [3.8, 4) is 0 Å². The summed E-state index contributed by atoms with van der Waals surface area (Å²) in [6.07, 6.45) is 7.29. The van der Waals surface area contributed by atoms with Crippen LogP contribution in [0.15, 0.2) is 40.6 Å². The first-order valence-corrected chi connectivity index (χ1v) is 16.6. The van der Waals surface area contributed by atoms with E-state index in [0.29, 0.717) is 33.8 Å². The maximum atomic E-state index is 13.2. The number of rotatable bonds is 14. The fourth-order valence-corrected chi connectivity index (χ4v) is 7.68. The average molecular weight is 612 g/mol. The molecular formula is C29H42ClN3O5S2. The highest BCUT2D eigenvalue weighted by atomic mass is 35.5. The van der Waals surface area contributed by atoms with Crippen LogP contribution >= 0.6 is 22.9 Å². The fourth-order valence-electron chi connectivity index (χ4n) is 4.63. The number of halogens is 1. The Labute approximate surface area is 247 Å². The molecule has 8 nitrogen and oxygen atoms in total. The Kier molecular flexibility index (Phi) is 12.4. The molecule has 2 N–H and O–H groups in total. The van der Waals surface area contributed by atoms with Gasteiger partial charge >= 0.3 is 5.97 Å². The third-order valence-corrected chi connectivity index (χ3v) is 10.4. The molecule has 1 fully saturated rings. The molecule has 0 atom stereocenters. The number of ether oxygens (including phenoxy) is 1. The first kappa shape index (κ1) is 32.5. The van der Waals surface area contributed by atoms with E-state index in [2.05, 4.69) is 10.6 Å². The van der Waals surface area contributed by atoms with E-state index in [1.807, 2.05) is 20.8 Å². The monoisotopic (exact) mass is 611 g/mol. The molecule has 0 bridgehead atoms. The second-order valence-electron chi connectivity index (χ2n) is 11.2. The number of carbonyl (C=O) groups is 2. The summed E-state index contributed by atoms with van der Waals surface area (Å²) in [4.78, 5) is 24.8. The molecule has 1 amide bonds. The Morgan fingerprint density at radius 3 is 2.38 bits per heavy atom. The largest absolute Gasteiger partial charge is 0.459 e. The van der Waals surface area contributed by atoms with Gasteiger partial charge in [-0.05, 0) is 88.9 Å². The minimum absolute atomic E-state index is 0.223. The molecule has 0 aliphatic carbocycles. The molecule has 11 heteroatoms. The lowest BCUT2D eigenvalue weighted by Crippen LogP contribution is -2.38. The number of thiophene rings is 1. The van der Waals surface area contributed by atoms with E-state index in [-0.39, 0.29) is 25.0 Å². The molecule has 1 aliphatic heterocycles. The molecule has 222 valence electrons. The van der Waals surface area contributed by atoms with Crippen molar-refractivity contribution in [3.63, 3.8) is 0 Å². The molecule has 0 spiro atoms. The highest BCUT2D eigenvalue weighted by molar-refractivity contribution is 7.91. The van der Waals surface area contributed by atoms with Gasteiger partial charge < -0.3 is 15.4 Å². The van der Waals surface area contributed by atoms with Crippen molar-refractivity contribution in [1.82, 2.24) is 14.9 Å². The molecular weight excluding hydrogens is 570 g/mol. The van der Waals surface area contributed by atoms with Gasteiger partial charge in [0.25, 0.3) is 15.9 Å². The van der Waals surface area contributed by atoms with Gasteiger partial charge in [-0.3, -0.25) is 9.59 Å². The quantitative estimate of drug-likeness (QED) is 0.212. The average Bonchev–Trinajstić information content (AvgIpc) is 3.38. The van der Waals surface area contributed by atoms with E-state index < -0.39 is 15.6 Å². The minimum Gasteiger partial charge on any atom is -0.459 e. The second-order valence-corrected chi connectivity index (χ2v) is 15.0. The Balaban J connectivity index is 1.30. The van der Waals surface area contributed by atoms with Gasteiger partial charge in [0, 0.05) is 28.6 Å². The van der Waals surface area contributed by atoms with E-state index >= 15 is 0 Å². The molecule has 0 saturated carbocycles. The lowest BCUT2D eigenvalue weighted by Gasteiger charge is -2.30. The zero-order valence-electron chi connectivity index (χ0n) is 23.7. The molecule has 40 heavy (non-hydrogen) atoms. The lowest BCUT2D eigenvalue weighted by molar-refractivity contribution is -0.153. The highest BCUT2D eigenvalue weighted by Crippen LogP contribution is 2.30. The number of nitrogens with zero attached hydrogens (tertiary/aromatic N) is 1. The van der Waals surface area contributed by atoms with Crippen LogP contribution in [0.2, 0.25) is 5.02 Å². The smallest absolute Gasteiger partial charge is 0.320 e. The van der Waals surface area contributed by atoms with Crippen LogP contribution in [-0.2, 0) is 26.1 Å². The minimum atomic E-state index is -3.53. The van der Waals surface area contributed by atoms with Crippen LogP contribution in [-0.4, -0.2) is 56.4 Å². The molecule has 2 aromatic rings. The van der Waals surface area contributed by atoms with Gasteiger partial charge in [-0.2, -0.15) is 4.31 Å². The van der Waals surface area contributed by atoms with Gasteiger partial charge in [-0.1, -0.05) is 37.3 Å². The topological polar surface area (TPSA) is 105 Å². The van der Waals surface area contributed by atoms with Gasteiger partial charge in [0.05, 0.1) is 13.1 Å². The number of hydrogen-bond acceptors (Lipinski definition) is 7. The molecule has 1 aromatic carbocycles. The van der Waals surface area contributed by atoms with Gasteiger partial charge in [0.15, 0.2) is 0 Å². The maximum Gasteiger partial charge on any atom is 0.320 e. The van der Waals surface area contributed by atoms with Crippen LogP contribution in [0.5, 0.6) is 0 Å². The summed E-state index contributed by atoms with van der Waals surface area (Å²) in [5.74, 6) is 0.101. The van der Waals surface area contributed by atoms with Crippen LogP contribution in [0.1, 0.15) is 81.0 Å². The van der Waals surface area contributed by atoms with Crippen molar-refractivity contribution in [2.24, 2.45) is 5.92 Å². The third-order valence-electron chi connectivity index (χ3n) is 6.74. The lowest BCUT2D eigenvalue weighted by atomic mass is 9.92. The van der Waals surface area contributed by atoms with E-state index in [1.165, 1.54) is 11.3 Å². The fraction of sp³-hybridized carbons (Fsp3) is 0.586. The van der Waals surface area contributed by atoms with Crippen molar-refractivity contribution < 1.29 is 22.7 Å². The second kappa shape index (κ2) is 15.3. The third kappa shape index (κ3) is 10.8. The Hall–Kier alpha value is -1.98. The standard InChI is InChI=1S/C29H42ClN3O5S2/c1-29(2,3)38-26(34)21-31-17-7-5-4-6-8-22-15-18-33(19-16-22)40(36,37)27-14-13-25(39-27)20-32-28(35)23-9-11-24(30)12-10-23/h9-14,22,31H,4-8,15-21H2,1-3H3,(H,32,35). The first-order chi connectivity index (χ1) is 18.9. The van der Waals surface area contributed by atoms with Gasteiger partial charge in [0.1, 0.15) is 9.81 Å². The molecule has 2 heterocycles. The summed E-state index contributed by atoms with van der Waals surface area (Å²) in [5.41, 5.74) is 0.0516. The van der Waals surface area contributed by atoms with Crippen molar-refractivity contribution in [2.45, 2.75) is 82.1 Å². The number of benzene rings is 1. The summed E-state index contributed by atoms with van der Waals surface area (Å²) in [6, 6.07) is 10.0. The number of esters is 1. The number of hydrogen-bond donors (Lipinski definition) is 2. The molecule has 0 radical (unpaired) electrons. The number of carbonyl (C=O) groups excluding carboxylic acids is 2. The van der Waals surface area contributed by atoms with Crippen molar-refractivity contribution in [2.75, 3.05) is 26.2 Å². The maximum absolute atomic E-state index is 13.2. The van der Waals surface area contributed by atoms with E-state index in [9.17, 15) is 18.0 Å². The molecule has 0 unspecified atom stereocenters. The number of amides is 1. The Bertz CT molecular complexity index is 1200. The van der Waals surface area contributed by atoms with E-state index in [4.69, 9.17) is 16.3 Å². The summed E-state index contributed by atoms with van der Waals surface area (Å²) in [7, 11) is -3.53. The van der Waals surface area contributed by atoms with Crippen LogP contribution in [0, 0.1) is 5.92 Å². The zero-order valence-corrected chi connectivity index (χ0v) is 26.1. The Morgan fingerprint density at radius 2 is 1.70 bits per heavy atom. The summed E-state index contributed by atoms with van der Waals surface area (Å²) < 4.78 is 33.6. The molecule has 1 saturated heterocycles. The van der Waals surface area contributed by atoms with Crippen molar-refractivity contribution in [3.05, 3.63) is 51.9 Å². The summed E-state index contributed by atoms with van der Waals surface area (Å²) in [5, 5.41) is 6.54. The number of nitrogens with one attached hydrogen (secondary N) is 2. The summed E-state index contributed by atoms with van der Waals surface area (Å²) >= 11 is 7.08. The van der Waals surface area contributed by atoms with Crippen LogP contribution < -0.4 is 10.6 Å². The van der Waals surface area contributed by atoms with Crippen LogP contribution in [0.3, 0.4) is 0 Å². The summed E-state index contributed by atoms with van der Waals surface area (Å²) in [6.45, 7) is 7.99. The highest BCUT2D eigenvalue weighted by Gasteiger charge is 2.30. The van der Waals surface area contributed by atoms with E-state index in [0.717, 1.165) is 56.4 Å². The van der Waals surface area contributed by atoms with Gasteiger partial charge in [0.2, 0.25) is 0 Å². The molecule has 3 rings (SSSR count). The van der Waals surface area contributed by atoms with Crippen molar-refractivity contribution >= 4 is 44.8 Å². The molecule has 1 aliphatic rings. The van der Waals surface area contributed by atoms with Crippen LogP contribution in [0.4, 0.5) is 0 Å². The van der Waals surface area contributed by atoms with Gasteiger partial charge in [-0.25, -0.2) is 8.42 Å². The Morgan fingerprint density at radius 1 is 1.02 bits per heavy atom. The van der Waals surface area contributed by atoms with Crippen LogP contribution in [0.25, 0.3) is 0 Å². The SMILES string of the molecule is CC(C)(C)OC(=O)CNCCCCCCC1CCN(S(=O)(=O)c2ccc(CNC(=O)c3ccc(Cl)cc3)s2)CC1. The zero-order chi connectivity index (χ0) is 29.2. The number of sulfonamides is 1. The normalized spacial score (nSPS) is 15.2. The number of piperidine rings is 1. The van der Waals surface area contributed by atoms with Gasteiger partial charge in [-0.15, -0.1) is 11.3 Å². The van der Waals surface area contributed by atoms with Crippen molar-refractivity contribution in [1.29, 1.82) is 0 Å². The first-order valence-electron chi connectivity index (χ1n) is 14.0. The van der Waals surface area contributed by atoms with E-state index in [1.54, 1.807) is 40.7 Å². The predicted molar refractivity (Wildman–Crippen MR) is 160 cm³/mol.